The van der Waals surface area contributed by atoms with Crippen LogP contribution < -0.4 is 0 Å². The van der Waals surface area contributed by atoms with E-state index in [0.717, 1.165) is 38.6 Å². The molecule has 2 heterocycles. The van der Waals surface area contributed by atoms with E-state index >= 15 is 0 Å². The summed E-state index contributed by atoms with van der Waals surface area (Å²) in [5, 5.41) is 4.74. The van der Waals surface area contributed by atoms with E-state index in [-0.39, 0.29) is 0 Å². The average molecular weight is 618 g/mol. The number of nitrogens with zero attached hydrogens (tertiary/aromatic N) is 3. The molecule has 0 N–H and O–H groups in total. The lowest BCUT2D eigenvalue weighted by Crippen LogP contribution is -2.01. The second-order valence-electron chi connectivity index (χ2n) is 11.6. The standard InChI is InChI=1S/C43H27N3S/c1-3-14-28(15-4-1)30-18-7-10-22-36(30)41-44-42(37-27-26-31(29-16-5-2-6-17-29)32-19-8-9-20-33(32)37)46-43(45-41)38-24-13-23-35-34-21-11-12-25-39(34)47-40(35)38/h1-27H. The van der Waals surface area contributed by atoms with Crippen molar-refractivity contribution in [2.45, 2.75) is 0 Å². The van der Waals surface area contributed by atoms with Crippen LogP contribution in [0.5, 0.6) is 0 Å². The zero-order valence-corrected chi connectivity index (χ0v) is 26.2. The lowest BCUT2D eigenvalue weighted by atomic mass is 9.94. The Bertz CT molecular complexity index is 2570. The zero-order chi connectivity index (χ0) is 31.2. The molecule has 0 amide bonds. The topological polar surface area (TPSA) is 38.7 Å². The number of fused-ring (bicyclic) bond motifs is 4. The van der Waals surface area contributed by atoms with Crippen LogP contribution in [0, 0.1) is 0 Å². The van der Waals surface area contributed by atoms with Crippen molar-refractivity contribution >= 4 is 42.3 Å². The summed E-state index contributed by atoms with van der Waals surface area (Å²) in [6.07, 6.45) is 0. The lowest BCUT2D eigenvalue weighted by Gasteiger charge is -2.14. The molecule has 0 fully saturated rings. The normalized spacial score (nSPS) is 11.4. The quantitative estimate of drug-likeness (QED) is 0.193. The van der Waals surface area contributed by atoms with Gasteiger partial charge in [0.15, 0.2) is 17.5 Å². The molecule has 9 aromatic rings. The number of hydrogen-bond acceptors (Lipinski definition) is 4. The van der Waals surface area contributed by atoms with Gasteiger partial charge >= 0.3 is 0 Å². The van der Waals surface area contributed by atoms with Crippen LogP contribution in [0.1, 0.15) is 0 Å². The van der Waals surface area contributed by atoms with Crippen molar-refractivity contribution in [3.8, 4) is 56.4 Å². The Morgan fingerprint density at radius 1 is 0.298 bits per heavy atom. The molecule has 0 saturated carbocycles. The predicted molar refractivity (Wildman–Crippen MR) is 197 cm³/mol. The number of hydrogen-bond donors (Lipinski definition) is 0. The van der Waals surface area contributed by atoms with Gasteiger partial charge in [0, 0.05) is 36.9 Å². The van der Waals surface area contributed by atoms with Crippen molar-refractivity contribution in [3.05, 3.63) is 164 Å². The molecular weight excluding hydrogens is 591 g/mol. The minimum Gasteiger partial charge on any atom is -0.208 e. The van der Waals surface area contributed by atoms with Crippen LogP contribution in [0.3, 0.4) is 0 Å². The highest BCUT2D eigenvalue weighted by Crippen LogP contribution is 2.41. The molecular formula is C43H27N3S. The maximum Gasteiger partial charge on any atom is 0.165 e. The number of aromatic nitrogens is 3. The molecule has 2 aromatic heterocycles. The molecule has 0 saturated heterocycles. The van der Waals surface area contributed by atoms with Crippen molar-refractivity contribution in [2.75, 3.05) is 0 Å². The maximum absolute atomic E-state index is 5.26. The first-order valence-electron chi connectivity index (χ1n) is 15.7. The molecule has 0 radical (unpaired) electrons. The Balaban J connectivity index is 1.32. The molecule has 4 heteroatoms. The monoisotopic (exact) mass is 617 g/mol. The maximum atomic E-state index is 5.26. The van der Waals surface area contributed by atoms with Crippen molar-refractivity contribution in [1.82, 2.24) is 15.0 Å². The summed E-state index contributed by atoms with van der Waals surface area (Å²) in [7, 11) is 0. The molecule has 0 aliphatic carbocycles. The molecule has 3 nitrogen and oxygen atoms in total. The van der Waals surface area contributed by atoms with Crippen LogP contribution >= 0.6 is 11.3 Å². The van der Waals surface area contributed by atoms with Gasteiger partial charge in [0.1, 0.15) is 0 Å². The van der Waals surface area contributed by atoms with E-state index in [2.05, 4.69) is 158 Å². The van der Waals surface area contributed by atoms with Crippen molar-refractivity contribution in [1.29, 1.82) is 0 Å². The first-order chi connectivity index (χ1) is 23.3. The van der Waals surface area contributed by atoms with E-state index in [1.807, 2.05) is 6.07 Å². The van der Waals surface area contributed by atoms with Crippen molar-refractivity contribution in [2.24, 2.45) is 0 Å². The van der Waals surface area contributed by atoms with Gasteiger partial charge in [-0.2, -0.15) is 0 Å². The zero-order valence-electron chi connectivity index (χ0n) is 25.3. The van der Waals surface area contributed by atoms with Gasteiger partial charge < -0.3 is 0 Å². The SMILES string of the molecule is c1ccc(-c2ccccc2-c2nc(-c3ccc(-c4ccccc4)c4ccccc34)nc(-c3cccc4c3sc3ccccc34)n2)cc1. The Hall–Kier alpha value is -5.97. The fourth-order valence-corrected chi connectivity index (χ4v) is 7.78. The van der Waals surface area contributed by atoms with E-state index in [1.54, 1.807) is 11.3 Å². The first kappa shape index (κ1) is 27.3. The van der Waals surface area contributed by atoms with Gasteiger partial charge in [0.25, 0.3) is 0 Å². The molecule has 7 aromatic carbocycles. The molecule has 0 bridgehead atoms. The predicted octanol–water partition coefficient (Wildman–Crippen LogP) is 11.7. The smallest absolute Gasteiger partial charge is 0.165 e. The third-order valence-corrected chi connectivity index (χ3v) is 10.0. The highest BCUT2D eigenvalue weighted by molar-refractivity contribution is 7.26. The summed E-state index contributed by atoms with van der Waals surface area (Å²) in [4.78, 5) is 15.7. The number of thiophene rings is 1. The summed E-state index contributed by atoms with van der Waals surface area (Å²) < 4.78 is 2.43. The fraction of sp³-hybridized carbons (Fsp3) is 0. The molecule has 47 heavy (non-hydrogen) atoms. The molecule has 9 rings (SSSR count). The summed E-state index contributed by atoms with van der Waals surface area (Å²) in [6.45, 7) is 0. The van der Waals surface area contributed by atoms with E-state index in [0.29, 0.717) is 17.5 Å². The van der Waals surface area contributed by atoms with Crippen LogP contribution in [0.15, 0.2) is 164 Å². The van der Waals surface area contributed by atoms with Crippen LogP contribution in [-0.4, -0.2) is 15.0 Å². The van der Waals surface area contributed by atoms with Crippen molar-refractivity contribution in [3.63, 3.8) is 0 Å². The lowest BCUT2D eigenvalue weighted by molar-refractivity contribution is 1.08. The number of benzene rings is 7. The molecule has 0 unspecified atom stereocenters. The first-order valence-corrected chi connectivity index (χ1v) is 16.5. The molecule has 0 aliphatic heterocycles. The molecule has 0 atom stereocenters. The van der Waals surface area contributed by atoms with E-state index in [9.17, 15) is 0 Å². The molecule has 220 valence electrons. The van der Waals surface area contributed by atoms with Gasteiger partial charge in [-0.1, -0.05) is 146 Å². The van der Waals surface area contributed by atoms with Gasteiger partial charge in [-0.15, -0.1) is 11.3 Å². The second kappa shape index (κ2) is 11.4. The second-order valence-corrected chi connectivity index (χ2v) is 12.6. The largest absolute Gasteiger partial charge is 0.208 e. The Kier molecular flexibility index (Phi) is 6.65. The number of rotatable bonds is 5. The van der Waals surface area contributed by atoms with Crippen LogP contribution in [0.4, 0.5) is 0 Å². The highest BCUT2D eigenvalue weighted by atomic mass is 32.1. The average Bonchev–Trinajstić information content (AvgIpc) is 3.54. The van der Waals surface area contributed by atoms with Crippen LogP contribution in [-0.2, 0) is 0 Å². The third-order valence-electron chi connectivity index (χ3n) is 8.78. The third kappa shape index (κ3) is 4.78. The van der Waals surface area contributed by atoms with E-state index in [1.165, 1.54) is 31.3 Å². The van der Waals surface area contributed by atoms with E-state index < -0.39 is 0 Å². The Morgan fingerprint density at radius 2 is 0.766 bits per heavy atom. The van der Waals surface area contributed by atoms with Crippen molar-refractivity contribution < 1.29 is 0 Å². The summed E-state index contributed by atoms with van der Waals surface area (Å²) >= 11 is 1.79. The summed E-state index contributed by atoms with van der Waals surface area (Å²) in [6, 6.07) is 57.3. The van der Waals surface area contributed by atoms with Gasteiger partial charge in [0.05, 0.1) is 0 Å². The van der Waals surface area contributed by atoms with Crippen LogP contribution in [0.25, 0.3) is 87.4 Å². The fourth-order valence-electron chi connectivity index (χ4n) is 6.57. The van der Waals surface area contributed by atoms with E-state index in [4.69, 9.17) is 15.0 Å². The highest BCUT2D eigenvalue weighted by Gasteiger charge is 2.20. The van der Waals surface area contributed by atoms with Gasteiger partial charge in [-0.3, -0.25) is 0 Å². The summed E-state index contributed by atoms with van der Waals surface area (Å²) in [5.74, 6) is 1.97. The Morgan fingerprint density at radius 3 is 1.49 bits per heavy atom. The Labute approximate surface area is 276 Å². The minimum absolute atomic E-state index is 0.652. The van der Waals surface area contributed by atoms with Gasteiger partial charge in [-0.25, -0.2) is 15.0 Å². The van der Waals surface area contributed by atoms with Gasteiger partial charge in [0.2, 0.25) is 0 Å². The minimum atomic E-state index is 0.652. The summed E-state index contributed by atoms with van der Waals surface area (Å²) in [5.41, 5.74) is 7.53. The van der Waals surface area contributed by atoms with Gasteiger partial charge in [-0.05, 0) is 51.2 Å². The molecule has 0 aliphatic rings. The molecule has 0 spiro atoms. The van der Waals surface area contributed by atoms with Crippen LogP contribution in [0.2, 0.25) is 0 Å².